The molecule has 2 atom stereocenters. The Balaban J connectivity index is 1.75. The van der Waals surface area contributed by atoms with Crippen molar-refractivity contribution in [2.24, 2.45) is 0 Å². The van der Waals surface area contributed by atoms with Gasteiger partial charge in [-0.25, -0.2) is 9.97 Å². The molecule has 6 nitrogen and oxygen atoms in total. The first-order valence-electron chi connectivity index (χ1n) is 7.33. The molecule has 3 N–H and O–H groups in total. The van der Waals surface area contributed by atoms with Gasteiger partial charge in [-0.1, -0.05) is 23.7 Å². The summed E-state index contributed by atoms with van der Waals surface area (Å²) in [5.41, 5.74) is 2.54. The van der Waals surface area contributed by atoms with E-state index >= 15 is 0 Å². The van der Waals surface area contributed by atoms with Crippen molar-refractivity contribution in [3.63, 3.8) is 0 Å². The largest absolute Gasteiger partial charge is 0.389 e. The summed E-state index contributed by atoms with van der Waals surface area (Å²) in [5, 5.41) is 19.9. The first-order chi connectivity index (χ1) is 11.1. The first kappa shape index (κ1) is 14.4. The SMILES string of the molecule is OC1CN(c2cc(-c3nc4ccccc4[nH]3)c(Cl)cn2)CC1O. The maximum atomic E-state index is 9.70. The molecular formula is C16H15ClN4O2. The number of aliphatic hydroxyl groups excluding tert-OH is 2. The van der Waals surface area contributed by atoms with Gasteiger partial charge in [0.2, 0.25) is 0 Å². The third-order valence-electron chi connectivity index (χ3n) is 4.07. The van der Waals surface area contributed by atoms with Gasteiger partial charge in [0.25, 0.3) is 0 Å². The minimum absolute atomic E-state index is 0.343. The Morgan fingerprint density at radius 3 is 2.65 bits per heavy atom. The molecular weight excluding hydrogens is 316 g/mol. The normalized spacial score (nSPS) is 21.3. The van der Waals surface area contributed by atoms with Gasteiger partial charge in [0, 0.05) is 24.8 Å². The number of pyridine rings is 1. The highest BCUT2D eigenvalue weighted by molar-refractivity contribution is 6.33. The van der Waals surface area contributed by atoms with E-state index in [4.69, 9.17) is 11.6 Å². The smallest absolute Gasteiger partial charge is 0.140 e. The average molecular weight is 331 g/mol. The summed E-state index contributed by atoms with van der Waals surface area (Å²) in [6.07, 6.45) is 0.0421. The topological polar surface area (TPSA) is 85.3 Å². The van der Waals surface area contributed by atoms with Crippen LogP contribution in [0.2, 0.25) is 5.02 Å². The lowest BCUT2D eigenvalue weighted by molar-refractivity contribution is 0.0572. The molecule has 1 saturated heterocycles. The van der Waals surface area contributed by atoms with Gasteiger partial charge in [0.1, 0.15) is 11.6 Å². The van der Waals surface area contributed by atoms with Gasteiger partial charge in [-0.2, -0.15) is 0 Å². The number of hydrogen-bond donors (Lipinski definition) is 3. The van der Waals surface area contributed by atoms with Gasteiger partial charge in [0.05, 0.1) is 28.3 Å². The zero-order valence-electron chi connectivity index (χ0n) is 12.1. The van der Waals surface area contributed by atoms with Crippen LogP contribution in [0.4, 0.5) is 5.82 Å². The Labute approximate surface area is 137 Å². The number of halogens is 1. The minimum atomic E-state index is -0.762. The molecule has 0 bridgehead atoms. The van der Waals surface area contributed by atoms with E-state index in [0.717, 1.165) is 16.6 Å². The first-order valence-corrected chi connectivity index (χ1v) is 7.71. The quantitative estimate of drug-likeness (QED) is 0.667. The third-order valence-corrected chi connectivity index (χ3v) is 4.37. The van der Waals surface area contributed by atoms with Crippen LogP contribution in [-0.2, 0) is 0 Å². The molecule has 0 saturated carbocycles. The molecule has 0 radical (unpaired) electrons. The van der Waals surface area contributed by atoms with Gasteiger partial charge in [-0.05, 0) is 18.2 Å². The molecule has 0 spiro atoms. The number of fused-ring (bicyclic) bond motifs is 1. The molecule has 2 unspecified atom stereocenters. The summed E-state index contributed by atoms with van der Waals surface area (Å²) < 4.78 is 0. The molecule has 1 aliphatic heterocycles. The summed E-state index contributed by atoms with van der Waals surface area (Å²) in [5.74, 6) is 1.32. The van der Waals surface area contributed by atoms with E-state index in [1.807, 2.05) is 35.2 Å². The molecule has 3 heterocycles. The Bertz CT molecular complexity index is 823. The number of nitrogens with zero attached hydrogens (tertiary/aromatic N) is 3. The molecule has 1 fully saturated rings. The predicted octanol–water partition coefficient (Wildman–Crippen LogP) is 1.82. The van der Waals surface area contributed by atoms with E-state index in [-0.39, 0.29) is 0 Å². The molecule has 0 amide bonds. The maximum Gasteiger partial charge on any atom is 0.140 e. The maximum absolute atomic E-state index is 9.70. The number of rotatable bonds is 2. The Hall–Kier alpha value is -2.15. The van der Waals surface area contributed by atoms with Crippen molar-refractivity contribution in [2.45, 2.75) is 12.2 Å². The second kappa shape index (κ2) is 5.49. The number of H-pyrrole nitrogens is 1. The number of para-hydroxylation sites is 2. The second-order valence-corrected chi connectivity index (χ2v) is 6.07. The summed E-state index contributed by atoms with van der Waals surface area (Å²) in [7, 11) is 0. The lowest BCUT2D eigenvalue weighted by atomic mass is 10.2. The van der Waals surface area contributed by atoms with Crippen LogP contribution in [-0.4, -0.2) is 50.5 Å². The number of benzene rings is 1. The minimum Gasteiger partial charge on any atom is -0.389 e. The highest BCUT2D eigenvalue weighted by atomic mass is 35.5. The molecule has 2 aromatic heterocycles. The number of β-amino-alcohol motifs (C(OH)–C–C–N with tert-alkyl or cyclic N) is 2. The number of imidazole rings is 1. The van der Waals surface area contributed by atoms with Crippen molar-refractivity contribution in [3.8, 4) is 11.4 Å². The van der Waals surface area contributed by atoms with E-state index in [2.05, 4.69) is 15.0 Å². The number of aliphatic hydroxyl groups is 2. The Morgan fingerprint density at radius 2 is 1.91 bits per heavy atom. The molecule has 23 heavy (non-hydrogen) atoms. The fraction of sp³-hybridized carbons (Fsp3) is 0.250. The predicted molar refractivity (Wildman–Crippen MR) is 88.6 cm³/mol. The molecule has 1 aliphatic rings. The Kier molecular flexibility index (Phi) is 3.45. The van der Waals surface area contributed by atoms with E-state index in [9.17, 15) is 10.2 Å². The highest BCUT2D eigenvalue weighted by Crippen LogP contribution is 2.31. The number of nitrogens with one attached hydrogen (secondary N) is 1. The van der Waals surface area contributed by atoms with Crippen LogP contribution in [0.15, 0.2) is 36.5 Å². The molecule has 7 heteroatoms. The van der Waals surface area contributed by atoms with E-state index in [1.165, 1.54) is 0 Å². The number of aromatic nitrogens is 3. The zero-order chi connectivity index (χ0) is 16.0. The summed E-state index contributed by atoms with van der Waals surface area (Å²) in [6, 6.07) is 9.58. The molecule has 1 aromatic carbocycles. The van der Waals surface area contributed by atoms with Crippen LogP contribution < -0.4 is 4.90 Å². The second-order valence-electron chi connectivity index (χ2n) is 5.66. The average Bonchev–Trinajstić information content (AvgIpc) is 3.11. The monoisotopic (exact) mass is 330 g/mol. The van der Waals surface area contributed by atoms with Gasteiger partial charge in [-0.15, -0.1) is 0 Å². The fourth-order valence-electron chi connectivity index (χ4n) is 2.82. The number of aromatic amines is 1. The lowest BCUT2D eigenvalue weighted by Gasteiger charge is -2.17. The van der Waals surface area contributed by atoms with Crippen molar-refractivity contribution < 1.29 is 10.2 Å². The van der Waals surface area contributed by atoms with Crippen LogP contribution >= 0.6 is 11.6 Å². The molecule has 4 rings (SSSR count). The summed E-state index contributed by atoms with van der Waals surface area (Å²) in [4.78, 5) is 13.9. The van der Waals surface area contributed by atoms with Crippen LogP contribution in [0.25, 0.3) is 22.4 Å². The molecule has 118 valence electrons. The van der Waals surface area contributed by atoms with E-state index in [0.29, 0.717) is 29.8 Å². The lowest BCUT2D eigenvalue weighted by Crippen LogP contribution is -2.22. The zero-order valence-corrected chi connectivity index (χ0v) is 12.9. The van der Waals surface area contributed by atoms with Crippen molar-refractivity contribution in [1.29, 1.82) is 0 Å². The van der Waals surface area contributed by atoms with Gasteiger partial charge in [0.15, 0.2) is 0 Å². The van der Waals surface area contributed by atoms with Crippen LogP contribution in [0.3, 0.4) is 0 Å². The van der Waals surface area contributed by atoms with Crippen LogP contribution in [0.1, 0.15) is 0 Å². The van der Waals surface area contributed by atoms with Crippen molar-refractivity contribution >= 4 is 28.5 Å². The number of hydrogen-bond acceptors (Lipinski definition) is 5. The highest BCUT2D eigenvalue weighted by Gasteiger charge is 2.30. The number of anilines is 1. The van der Waals surface area contributed by atoms with Gasteiger partial charge in [-0.3, -0.25) is 0 Å². The van der Waals surface area contributed by atoms with Crippen molar-refractivity contribution in [3.05, 3.63) is 41.6 Å². The molecule has 3 aromatic rings. The summed E-state index contributed by atoms with van der Waals surface area (Å²) >= 11 is 6.28. The van der Waals surface area contributed by atoms with E-state index < -0.39 is 12.2 Å². The van der Waals surface area contributed by atoms with E-state index in [1.54, 1.807) is 6.20 Å². The van der Waals surface area contributed by atoms with Crippen LogP contribution in [0, 0.1) is 0 Å². The molecule has 0 aliphatic carbocycles. The third kappa shape index (κ3) is 2.55. The van der Waals surface area contributed by atoms with Crippen molar-refractivity contribution in [1.82, 2.24) is 15.0 Å². The van der Waals surface area contributed by atoms with Gasteiger partial charge < -0.3 is 20.1 Å². The fourth-order valence-corrected chi connectivity index (χ4v) is 3.01. The Morgan fingerprint density at radius 1 is 1.17 bits per heavy atom. The standard InChI is InChI=1S/C16H15ClN4O2/c17-10-6-18-15(21-7-13(22)14(23)8-21)5-9(10)16-19-11-3-1-2-4-12(11)20-16/h1-6,13-14,22-23H,7-8H2,(H,19,20). The summed E-state index contributed by atoms with van der Waals surface area (Å²) in [6.45, 7) is 0.685. The van der Waals surface area contributed by atoms with Gasteiger partial charge >= 0.3 is 0 Å². The van der Waals surface area contributed by atoms with Crippen LogP contribution in [0.5, 0.6) is 0 Å². The van der Waals surface area contributed by atoms with Crippen molar-refractivity contribution in [2.75, 3.05) is 18.0 Å².